The van der Waals surface area contributed by atoms with Crippen molar-refractivity contribution in [2.45, 2.75) is 39.5 Å². The second-order valence-electron chi connectivity index (χ2n) is 7.73. The average Bonchev–Trinajstić information content (AvgIpc) is 2.98. The second kappa shape index (κ2) is 8.97. The highest BCUT2D eigenvalue weighted by molar-refractivity contribution is 6.33. The fourth-order valence-electron chi connectivity index (χ4n) is 3.92. The predicted octanol–water partition coefficient (Wildman–Crippen LogP) is 6.11. The number of aromatic hydroxyl groups is 1. The van der Waals surface area contributed by atoms with Crippen molar-refractivity contribution in [3.8, 4) is 11.5 Å². The fourth-order valence-corrected chi connectivity index (χ4v) is 4.08. The number of carbonyl (C=O) groups excluding carboxylic acids is 1. The second-order valence-corrected chi connectivity index (χ2v) is 8.14. The van der Waals surface area contributed by atoms with Gasteiger partial charge in [-0.15, -0.1) is 13.2 Å². The molecule has 3 rings (SSSR count). The third kappa shape index (κ3) is 4.78. The average molecular weight is 484 g/mol. The molecule has 176 valence electrons. The van der Waals surface area contributed by atoms with Gasteiger partial charge in [-0.2, -0.15) is 0 Å². The number of aliphatic carboxylic acids is 1. The molecule has 33 heavy (non-hydrogen) atoms. The Morgan fingerprint density at radius 2 is 1.79 bits per heavy atom. The van der Waals surface area contributed by atoms with Gasteiger partial charge in [0.05, 0.1) is 16.5 Å². The van der Waals surface area contributed by atoms with E-state index in [1.807, 2.05) is 6.92 Å². The monoisotopic (exact) mass is 483 g/mol. The van der Waals surface area contributed by atoms with Crippen molar-refractivity contribution >= 4 is 34.4 Å². The Labute approximate surface area is 192 Å². The minimum Gasteiger partial charge on any atom is -0.506 e. The summed E-state index contributed by atoms with van der Waals surface area (Å²) in [7, 11) is 0. The lowest BCUT2D eigenvalue weighted by molar-refractivity contribution is -0.274. The SMILES string of the molecule is CCC(C)C(C(=O)O)c1c(C)n(C(=O)c2ccc(OC(F)(F)F)cc2)c2cc(Cl)c(O)cc12. The molecule has 2 N–H and O–H groups in total. The molecule has 2 unspecified atom stereocenters. The summed E-state index contributed by atoms with van der Waals surface area (Å²) >= 11 is 6.07. The van der Waals surface area contributed by atoms with Gasteiger partial charge in [0.2, 0.25) is 0 Å². The molecule has 0 fully saturated rings. The molecule has 0 radical (unpaired) electrons. The van der Waals surface area contributed by atoms with Crippen LogP contribution in [-0.2, 0) is 4.79 Å². The molecule has 0 saturated heterocycles. The van der Waals surface area contributed by atoms with Crippen LogP contribution in [0.2, 0.25) is 5.02 Å². The number of nitrogens with zero attached hydrogens (tertiary/aromatic N) is 1. The number of alkyl halides is 3. The van der Waals surface area contributed by atoms with Crippen molar-refractivity contribution in [2.24, 2.45) is 5.92 Å². The molecule has 0 spiro atoms. The topological polar surface area (TPSA) is 88.8 Å². The Kier molecular flexibility index (Phi) is 6.65. The molecular weight excluding hydrogens is 463 g/mol. The van der Waals surface area contributed by atoms with Gasteiger partial charge in [0.1, 0.15) is 11.5 Å². The van der Waals surface area contributed by atoms with Crippen LogP contribution in [0.3, 0.4) is 0 Å². The summed E-state index contributed by atoms with van der Waals surface area (Å²) in [5.74, 6) is -3.68. The van der Waals surface area contributed by atoms with Crippen LogP contribution in [0.1, 0.15) is 47.8 Å². The highest BCUT2D eigenvalue weighted by atomic mass is 35.5. The molecule has 0 amide bonds. The van der Waals surface area contributed by atoms with E-state index < -0.39 is 29.9 Å². The van der Waals surface area contributed by atoms with E-state index in [4.69, 9.17) is 11.6 Å². The number of hydrogen-bond donors (Lipinski definition) is 2. The Bertz CT molecular complexity index is 1220. The van der Waals surface area contributed by atoms with Gasteiger partial charge < -0.3 is 14.9 Å². The summed E-state index contributed by atoms with van der Waals surface area (Å²) in [6.07, 6.45) is -4.31. The first kappa shape index (κ1) is 24.4. The normalized spacial score (nSPS) is 13.7. The molecule has 1 aromatic heterocycles. The number of carbonyl (C=O) groups is 2. The minimum absolute atomic E-state index is 0.0371. The van der Waals surface area contributed by atoms with Crippen molar-refractivity contribution in [1.82, 2.24) is 4.57 Å². The van der Waals surface area contributed by atoms with E-state index in [0.29, 0.717) is 23.1 Å². The van der Waals surface area contributed by atoms with Crippen molar-refractivity contribution in [3.05, 3.63) is 58.2 Å². The van der Waals surface area contributed by atoms with Crippen molar-refractivity contribution in [3.63, 3.8) is 0 Å². The minimum atomic E-state index is -4.87. The molecule has 0 bridgehead atoms. The summed E-state index contributed by atoms with van der Waals surface area (Å²) < 4.78 is 42.4. The number of phenolic OH excluding ortho intramolecular Hbond substituents is 1. The van der Waals surface area contributed by atoms with Gasteiger partial charge in [-0.1, -0.05) is 31.9 Å². The number of halogens is 4. The Hall–Kier alpha value is -3.20. The number of benzene rings is 2. The molecule has 0 aliphatic carbocycles. The lowest BCUT2D eigenvalue weighted by Gasteiger charge is -2.20. The van der Waals surface area contributed by atoms with Gasteiger partial charge in [0, 0.05) is 16.6 Å². The Morgan fingerprint density at radius 3 is 2.30 bits per heavy atom. The van der Waals surface area contributed by atoms with E-state index >= 15 is 0 Å². The van der Waals surface area contributed by atoms with E-state index in [2.05, 4.69) is 4.74 Å². The van der Waals surface area contributed by atoms with Crippen molar-refractivity contribution in [1.29, 1.82) is 0 Å². The van der Waals surface area contributed by atoms with Crippen LogP contribution in [0.5, 0.6) is 11.5 Å². The fraction of sp³-hybridized carbons (Fsp3) is 0.304. The maximum absolute atomic E-state index is 13.4. The van der Waals surface area contributed by atoms with Crippen LogP contribution in [0, 0.1) is 12.8 Å². The van der Waals surface area contributed by atoms with E-state index in [-0.39, 0.29) is 27.8 Å². The van der Waals surface area contributed by atoms with Gasteiger partial charge in [-0.3, -0.25) is 14.2 Å². The summed E-state index contributed by atoms with van der Waals surface area (Å²) in [5, 5.41) is 20.4. The van der Waals surface area contributed by atoms with E-state index in [0.717, 1.165) is 12.1 Å². The van der Waals surface area contributed by atoms with Gasteiger partial charge in [-0.25, -0.2) is 0 Å². The zero-order valence-electron chi connectivity index (χ0n) is 17.9. The number of phenols is 1. The first-order valence-electron chi connectivity index (χ1n) is 10.0. The third-order valence-corrected chi connectivity index (χ3v) is 5.95. The van der Waals surface area contributed by atoms with Crippen LogP contribution in [0.4, 0.5) is 13.2 Å². The molecule has 6 nitrogen and oxygen atoms in total. The Morgan fingerprint density at radius 1 is 1.18 bits per heavy atom. The third-order valence-electron chi connectivity index (χ3n) is 5.65. The van der Waals surface area contributed by atoms with Crippen LogP contribution in [-0.4, -0.2) is 33.0 Å². The first-order chi connectivity index (χ1) is 15.4. The van der Waals surface area contributed by atoms with Crippen LogP contribution in [0.25, 0.3) is 10.9 Å². The van der Waals surface area contributed by atoms with E-state index in [1.54, 1.807) is 13.8 Å². The predicted molar refractivity (Wildman–Crippen MR) is 116 cm³/mol. The quantitative estimate of drug-likeness (QED) is 0.441. The number of carboxylic acid groups (broad SMARTS) is 1. The number of carboxylic acids is 1. The standard InChI is InChI=1S/C23H21ClF3NO5/c1-4-11(2)19(22(31)32)20-12(3)28(17-10-16(24)18(29)9-15(17)20)21(30)13-5-7-14(8-6-13)33-23(25,26)27/h5-11,19,29H,4H2,1-3H3,(H,31,32). The zero-order chi connectivity index (χ0) is 24.7. The maximum atomic E-state index is 13.4. The molecular formula is C23H21ClF3NO5. The smallest absolute Gasteiger partial charge is 0.506 e. The molecule has 0 saturated carbocycles. The van der Waals surface area contributed by atoms with Gasteiger partial charge in [0.15, 0.2) is 0 Å². The first-order valence-corrected chi connectivity index (χ1v) is 10.4. The highest BCUT2D eigenvalue weighted by Gasteiger charge is 2.33. The largest absolute Gasteiger partial charge is 0.573 e. The zero-order valence-corrected chi connectivity index (χ0v) is 18.7. The number of hydrogen-bond acceptors (Lipinski definition) is 4. The molecule has 0 aliphatic rings. The number of rotatable bonds is 6. The van der Waals surface area contributed by atoms with Gasteiger partial charge in [0.25, 0.3) is 5.91 Å². The highest BCUT2D eigenvalue weighted by Crippen LogP contribution is 2.41. The van der Waals surface area contributed by atoms with Crippen LogP contribution >= 0.6 is 11.6 Å². The lowest BCUT2D eigenvalue weighted by Crippen LogP contribution is -2.21. The van der Waals surface area contributed by atoms with Gasteiger partial charge in [-0.05, 0) is 54.8 Å². The molecule has 2 atom stereocenters. The van der Waals surface area contributed by atoms with E-state index in [1.165, 1.54) is 28.8 Å². The summed E-state index contributed by atoms with van der Waals surface area (Å²) in [5.41, 5.74) is 1.03. The molecule has 2 aromatic carbocycles. The maximum Gasteiger partial charge on any atom is 0.573 e. The summed E-state index contributed by atoms with van der Waals surface area (Å²) in [6.45, 7) is 5.20. The van der Waals surface area contributed by atoms with Gasteiger partial charge >= 0.3 is 12.3 Å². The van der Waals surface area contributed by atoms with Crippen LogP contribution in [0.15, 0.2) is 36.4 Å². The van der Waals surface area contributed by atoms with Crippen molar-refractivity contribution in [2.75, 3.05) is 0 Å². The summed E-state index contributed by atoms with van der Waals surface area (Å²) in [6, 6.07) is 7.07. The number of fused-ring (bicyclic) bond motifs is 1. The molecule has 0 aliphatic heterocycles. The van der Waals surface area contributed by atoms with Crippen LogP contribution < -0.4 is 4.74 Å². The Balaban J connectivity index is 2.21. The number of ether oxygens (including phenoxy) is 1. The lowest BCUT2D eigenvalue weighted by atomic mass is 9.84. The molecule has 3 aromatic rings. The molecule has 10 heteroatoms. The molecule has 1 heterocycles. The van der Waals surface area contributed by atoms with E-state index in [9.17, 15) is 33.0 Å². The number of aromatic nitrogens is 1. The summed E-state index contributed by atoms with van der Waals surface area (Å²) in [4.78, 5) is 25.5. The van der Waals surface area contributed by atoms with Crippen molar-refractivity contribution < 1.29 is 37.7 Å².